The number of aromatic nitrogens is 4. The predicted octanol–water partition coefficient (Wildman–Crippen LogP) is 3.04. The van der Waals surface area contributed by atoms with Crippen LogP contribution in [0.4, 0.5) is 0 Å². The summed E-state index contributed by atoms with van der Waals surface area (Å²) >= 11 is 3.05. The average Bonchev–Trinajstić information content (AvgIpc) is 3.19. The fourth-order valence-corrected chi connectivity index (χ4v) is 3.45. The van der Waals surface area contributed by atoms with E-state index in [0.717, 1.165) is 9.30 Å². The van der Waals surface area contributed by atoms with Gasteiger partial charge in [0.1, 0.15) is 17.2 Å². The topological polar surface area (TPSA) is 85.7 Å². The van der Waals surface area contributed by atoms with Crippen molar-refractivity contribution in [3.63, 3.8) is 0 Å². The second-order valence-electron chi connectivity index (χ2n) is 4.42. The number of benzene rings is 1. The maximum atomic E-state index is 10.0. The van der Waals surface area contributed by atoms with Gasteiger partial charge in [0.05, 0.1) is 13.3 Å². The fourth-order valence-electron chi connectivity index (χ4n) is 2.12. The lowest BCUT2D eigenvalue weighted by molar-refractivity contribution is 0.408. The lowest BCUT2D eigenvalue weighted by atomic mass is 10.3. The Labute approximate surface area is 132 Å². The van der Waals surface area contributed by atoms with Crippen LogP contribution in [0.5, 0.6) is 11.5 Å². The summed E-state index contributed by atoms with van der Waals surface area (Å²) in [6.45, 7) is 0. The van der Waals surface area contributed by atoms with Crippen LogP contribution in [0.2, 0.25) is 0 Å². The van der Waals surface area contributed by atoms with Gasteiger partial charge in [0.25, 0.3) is 0 Å². The number of methoxy groups -OCH3 is 1. The van der Waals surface area contributed by atoms with Crippen molar-refractivity contribution in [2.45, 2.75) is 4.34 Å². The molecule has 0 aliphatic heterocycles. The minimum Gasteiger partial charge on any atom is -0.505 e. The molecule has 112 valence electrons. The minimum atomic E-state index is 0.00758. The zero-order chi connectivity index (χ0) is 15.3. The van der Waals surface area contributed by atoms with E-state index in [0.29, 0.717) is 28.4 Å². The molecule has 4 rings (SSSR count). The van der Waals surface area contributed by atoms with Crippen LogP contribution in [0.25, 0.3) is 27.6 Å². The smallest absolute Gasteiger partial charge is 0.248 e. The van der Waals surface area contributed by atoms with Gasteiger partial charge in [-0.2, -0.15) is 4.52 Å². The van der Waals surface area contributed by atoms with Crippen molar-refractivity contribution >= 4 is 39.2 Å². The fraction of sp³-hybridized carbons (Fsp3) is 0.154. The van der Waals surface area contributed by atoms with Gasteiger partial charge in [-0.25, -0.2) is 9.97 Å². The number of hydrogen-bond donors (Lipinski definition) is 1. The van der Waals surface area contributed by atoms with Crippen molar-refractivity contribution < 1.29 is 14.3 Å². The molecule has 0 fully saturated rings. The number of aromatic hydroxyl groups is 1. The molecule has 0 unspecified atom stereocenters. The van der Waals surface area contributed by atoms with Gasteiger partial charge in [0.2, 0.25) is 10.9 Å². The van der Waals surface area contributed by atoms with E-state index >= 15 is 0 Å². The molecule has 3 aromatic heterocycles. The second kappa shape index (κ2) is 4.89. The Morgan fingerprint density at radius 2 is 2.27 bits per heavy atom. The Morgan fingerprint density at radius 3 is 3.05 bits per heavy atom. The number of rotatable bonds is 3. The van der Waals surface area contributed by atoms with Crippen LogP contribution in [0.1, 0.15) is 0 Å². The molecule has 1 aromatic carbocycles. The summed E-state index contributed by atoms with van der Waals surface area (Å²) < 4.78 is 13.4. The molecule has 0 aliphatic carbocycles. The third kappa shape index (κ3) is 1.93. The first-order valence-corrected chi connectivity index (χ1v) is 8.30. The monoisotopic (exact) mass is 334 g/mol. The molecule has 4 aromatic rings. The van der Waals surface area contributed by atoms with Gasteiger partial charge in [-0.3, -0.25) is 0 Å². The maximum Gasteiger partial charge on any atom is 0.248 e. The van der Waals surface area contributed by atoms with Crippen molar-refractivity contribution in [3.05, 3.63) is 18.3 Å². The van der Waals surface area contributed by atoms with E-state index < -0.39 is 0 Å². The molecule has 22 heavy (non-hydrogen) atoms. The van der Waals surface area contributed by atoms with Gasteiger partial charge in [0, 0.05) is 12.1 Å². The highest BCUT2D eigenvalue weighted by Gasteiger charge is 2.18. The first kappa shape index (κ1) is 13.4. The van der Waals surface area contributed by atoms with Gasteiger partial charge in [-0.1, -0.05) is 23.1 Å². The highest BCUT2D eigenvalue weighted by atomic mass is 32.2. The zero-order valence-corrected chi connectivity index (χ0v) is 13.2. The molecule has 0 aliphatic rings. The summed E-state index contributed by atoms with van der Waals surface area (Å²) in [6, 6.07) is 3.17. The van der Waals surface area contributed by atoms with E-state index in [1.165, 1.54) is 24.5 Å². The number of imidazole rings is 1. The van der Waals surface area contributed by atoms with Gasteiger partial charge >= 0.3 is 0 Å². The number of oxazole rings is 1. The Morgan fingerprint density at radius 1 is 1.41 bits per heavy atom. The van der Waals surface area contributed by atoms with Crippen LogP contribution in [0, 0.1) is 0 Å². The molecule has 1 N–H and O–H groups in total. The van der Waals surface area contributed by atoms with Crippen LogP contribution < -0.4 is 4.74 Å². The summed E-state index contributed by atoms with van der Waals surface area (Å²) in [4.78, 5) is 9.42. The molecule has 0 atom stereocenters. The highest BCUT2D eigenvalue weighted by molar-refractivity contribution is 8.00. The molecule has 0 amide bonds. The van der Waals surface area contributed by atoms with Crippen LogP contribution >= 0.6 is 23.1 Å². The van der Waals surface area contributed by atoms with Crippen LogP contribution in [-0.2, 0) is 0 Å². The van der Waals surface area contributed by atoms with Crippen molar-refractivity contribution in [2.75, 3.05) is 13.4 Å². The number of phenolic OH excluding ortho intramolecular Hbond substituents is 1. The number of hydrogen-bond acceptors (Lipinski definition) is 8. The second-order valence-corrected chi connectivity index (χ2v) is 6.43. The Hall–Kier alpha value is -2.26. The largest absolute Gasteiger partial charge is 0.505 e. The summed E-state index contributed by atoms with van der Waals surface area (Å²) in [5.74, 6) is 0.863. The molecule has 0 bridgehead atoms. The molecule has 7 nitrogen and oxygen atoms in total. The van der Waals surface area contributed by atoms with E-state index in [-0.39, 0.29) is 5.75 Å². The third-order valence-corrected chi connectivity index (χ3v) is 5.04. The molecule has 0 radical (unpaired) electrons. The van der Waals surface area contributed by atoms with Crippen LogP contribution in [0.15, 0.2) is 27.1 Å². The molecule has 9 heteroatoms. The number of nitrogens with zero attached hydrogens (tertiary/aromatic N) is 4. The van der Waals surface area contributed by atoms with Crippen LogP contribution in [0.3, 0.4) is 0 Å². The van der Waals surface area contributed by atoms with Crippen molar-refractivity contribution in [1.29, 1.82) is 0 Å². The molecule has 0 saturated heterocycles. The van der Waals surface area contributed by atoms with E-state index in [2.05, 4.69) is 15.1 Å². The number of fused-ring (bicyclic) bond motifs is 2. The Kier molecular flexibility index (Phi) is 2.98. The quantitative estimate of drug-likeness (QED) is 0.576. The Bertz CT molecular complexity index is 988. The first-order chi connectivity index (χ1) is 10.7. The zero-order valence-electron chi connectivity index (χ0n) is 11.6. The number of ether oxygens (including phenoxy) is 1. The molecule has 0 spiro atoms. The lowest BCUT2D eigenvalue weighted by Crippen LogP contribution is -1.88. The maximum absolute atomic E-state index is 10.0. The van der Waals surface area contributed by atoms with E-state index in [1.807, 2.05) is 6.26 Å². The van der Waals surface area contributed by atoms with Gasteiger partial charge in [-0.05, 0) is 6.26 Å². The first-order valence-electron chi connectivity index (χ1n) is 6.26. The average molecular weight is 334 g/mol. The summed E-state index contributed by atoms with van der Waals surface area (Å²) in [5, 5.41) is 14.4. The molecule has 0 saturated carbocycles. The van der Waals surface area contributed by atoms with Crippen molar-refractivity contribution in [3.8, 4) is 23.1 Å². The van der Waals surface area contributed by atoms with Gasteiger partial charge in [0.15, 0.2) is 15.4 Å². The summed E-state index contributed by atoms with van der Waals surface area (Å²) in [5.41, 5.74) is 1.47. The Balaban J connectivity index is 1.92. The third-order valence-electron chi connectivity index (χ3n) is 3.14. The van der Waals surface area contributed by atoms with Crippen molar-refractivity contribution in [2.24, 2.45) is 0 Å². The van der Waals surface area contributed by atoms with Gasteiger partial charge in [-0.15, -0.1) is 5.10 Å². The highest BCUT2D eigenvalue weighted by Crippen LogP contribution is 2.34. The van der Waals surface area contributed by atoms with E-state index in [1.54, 1.807) is 28.5 Å². The standard InChI is InChI=1S/C13H10N4O3S2/c1-19-6-3-8(18)10-9(4-6)20-11(15-10)7-5-14-12-17(7)16-13(21-2)22-12/h3-5,18H,1-2H3. The van der Waals surface area contributed by atoms with E-state index in [9.17, 15) is 5.11 Å². The van der Waals surface area contributed by atoms with Gasteiger partial charge < -0.3 is 14.3 Å². The summed E-state index contributed by atoms with van der Waals surface area (Å²) in [6.07, 6.45) is 3.61. The predicted molar refractivity (Wildman–Crippen MR) is 83.9 cm³/mol. The van der Waals surface area contributed by atoms with Crippen molar-refractivity contribution in [1.82, 2.24) is 19.6 Å². The number of thioether (sulfide) groups is 1. The van der Waals surface area contributed by atoms with E-state index in [4.69, 9.17) is 9.15 Å². The SMILES string of the molecule is COc1cc(O)c2nc(-c3cnc4sc(SC)nn34)oc2c1. The molecular formula is C13H10N4O3S2. The molecule has 3 heterocycles. The number of phenols is 1. The minimum absolute atomic E-state index is 0.00758. The lowest BCUT2D eigenvalue weighted by Gasteiger charge is -1.98. The van der Waals surface area contributed by atoms with Crippen LogP contribution in [-0.4, -0.2) is 38.1 Å². The molecular weight excluding hydrogens is 324 g/mol. The summed E-state index contributed by atoms with van der Waals surface area (Å²) in [7, 11) is 1.53. The normalized spacial score (nSPS) is 11.5.